The lowest BCUT2D eigenvalue weighted by Crippen LogP contribution is -3.16. The Bertz CT molecular complexity index is 966. The quantitative estimate of drug-likeness (QED) is 0.371. The zero-order chi connectivity index (χ0) is 25.3. The Morgan fingerprint density at radius 3 is 2.41 bits per heavy atom. The summed E-state index contributed by atoms with van der Waals surface area (Å²) in [5.74, 6) is -0.254. The number of carbonyl (C=O) groups is 1. The Labute approximate surface area is 213 Å². The van der Waals surface area contributed by atoms with Crippen molar-refractivity contribution in [3.05, 3.63) is 63.6 Å². The van der Waals surface area contributed by atoms with Crippen LogP contribution in [0.3, 0.4) is 0 Å². The number of anilines is 1. The van der Waals surface area contributed by atoms with Crippen LogP contribution in [0, 0.1) is 6.92 Å². The van der Waals surface area contributed by atoms with Crippen LogP contribution in [0.15, 0.2) is 47.6 Å². The molecule has 2 N–H and O–H groups in total. The van der Waals surface area contributed by atoms with E-state index in [1.807, 2.05) is 70.3 Å². The van der Waals surface area contributed by atoms with Crippen molar-refractivity contribution in [2.75, 3.05) is 25.7 Å². The van der Waals surface area contributed by atoms with Gasteiger partial charge in [0, 0.05) is 12.1 Å². The van der Waals surface area contributed by atoms with Gasteiger partial charge >= 0.3 is 5.91 Å². The van der Waals surface area contributed by atoms with Crippen LogP contribution in [0.25, 0.3) is 0 Å². The monoisotopic (exact) mass is 507 g/mol. The molecule has 1 amide bonds. The Morgan fingerprint density at radius 1 is 1.15 bits per heavy atom. The standard InChI is InChI=1S/C24H30Cl2N4O2.C2H6/c1-5-6-7-14-29(3)28-24(31)21-23(32-4)22(17-9-11-18(25)12-10-17)30(27-21)20-13-8-16(2)15-19(20)26;1-2/h8-13,15,22-23H,5-7,14H2,1-4H3,(H,28,31);1-2H3/p+1. The minimum atomic E-state index is -0.572. The van der Waals surface area contributed by atoms with Crippen LogP contribution in [0.2, 0.25) is 10.0 Å². The number of rotatable bonds is 9. The summed E-state index contributed by atoms with van der Waals surface area (Å²) in [4.78, 5) is 13.2. The highest BCUT2D eigenvalue weighted by atomic mass is 35.5. The van der Waals surface area contributed by atoms with E-state index in [9.17, 15) is 4.79 Å². The van der Waals surface area contributed by atoms with Crippen molar-refractivity contribution >= 4 is 40.5 Å². The molecule has 0 radical (unpaired) electrons. The van der Waals surface area contributed by atoms with E-state index in [4.69, 9.17) is 33.0 Å². The van der Waals surface area contributed by atoms with E-state index in [1.54, 1.807) is 12.1 Å². The van der Waals surface area contributed by atoms with Gasteiger partial charge in [0.25, 0.3) is 0 Å². The molecule has 1 aliphatic rings. The van der Waals surface area contributed by atoms with E-state index < -0.39 is 6.10 Å². The lowest BCUT2D eigenvalue weighted by molar-refractivity contribution is -0.916. The van der Waals surface area contributed by atoms with E-state index in [0.29, 0.717) is 21.4 Å². The molecule has 3 rings (SSSR count). The second-order valence-electron chi connectivity index (χ2n) is 8.13. The van der Waals surface area contributed by atoms with Crippen LogP contribution in [-0.2, 0) is 9.53 Å². The number of hydrogen-bond donors (Lipinski definition) is 2. The number of carbonyl (C=O) groups excluding carboxylic acids is 1. The van der Waals surface area contributed by atoms with Gasteiger partial charge in [-0.2, -0.15) is 10.5 Å². The second kappa shape index (κ2) is 13.7. The molecule has 0 fully saturated rings. The first-order chi connectivity index (χ1) is 16.3. The molecule has 1 heterocycles. The van der Waals surface area contributed by atoms with Crippen molar-refractivity contribution in [2.24, 2.45) is 5.10 Å². The molecule has 2 aromatic carbocycles. The Kier molecular flexibility index (Phi) is 11.3. The van der Waals surface area contributed by atoms with Gasteiger partial charge in [-0.3, -0.25) is 9.80 Å². The van der Waals surface area contributed by atoms with Gasteiger partial charge in [0.2, 0.25) is 0 Å². The summed E-state index contributed by atoms with van der Waals surface area (Å²) in [6.07, 6.45) is 2.74. The van der Waals surface area contributed by atoms with Crippen molar-refractivity contribution in [2.45, 2.75) is 59.1 Å². The number of hydrogen-bond acceptors (Lipinski definition) is 4. The summed E-state index contributed by atoms with van der Waals surface area (Å²) in [7, 11) is 3.53. The zero-order valence-corrected chi connectivity index (χ0v) is 22.5. The van der Waals surface area contributed by atoms with E-state index in [-0.39, 0.29) is 11.9 Å². The molecule has 2 aromatic rings. The Morgan fingerprint density at radius 2 is 1.82 bits per heavy atom. The van der Waals surface area contributed by atoms with E-state index in [0.717, 1.165) is 41.9 Å². The second-order valence-corrected chi connectivity index (χ2v) is 8.97. The number of ether oxygens (including phenoxy) is 1. The van der Waals surface area contributed by atoms with Crippen LogP contribution >= 0.6 is 23.2 Å². The highest BCUT2D eigenvalue weighted by molar-refractivity contribution is 6.41. The maximum absolute atomic E-state index is 13.2. The third kappa shape index (κ3) is 6.95. The summed E-state index contributed by atoms with van der Waals surface area (Å²) in [5.41, 5.74) is 6.01. The molecule has 3 unspecified atom stereocenters. The molecule has 3 atom stereocenters. The highest BCUT2D eigenvalue weighted by Crippen LogP contribution is 2.40. The number of halogens is 2. The number of benzene rings is 2. The molecule has 1 aliphatic heterocycles. The van der Waals surface area contributed by atoms with Gasteiger partial charge in [0.15, 0.2) is 5.71 Å². The van der Waals surface area contributed by atoms with Crippen molar-refractivity contribution in [1.29, 1.82) is 0 Å². The lowest BCUT2D eigenvalue weighted by atomic mass is 9.98. The molecule has 0 aliphatic carbocycles. The molecular formula is C26H37Cl2N4O2+. The number of amides is 1. The highest BCUT2D eigenvalue weighted by Gasteiger charge is 2.43. The van der Waals surface area contributed by atoms with E-state index >= 15 is 0 Å². The summed E-state index contributed by atoms with van der Waals surface area (Å²) >= 11 is 12.7. The smallest absolute Gasteiger partial charge is 0.314 e. The SMILES string of the molecule is CC.CCCCC[NH+](C)NC(=O)C1=NN(c2ccc(C)cc2Cl)C(c2ccc(Cl)cc2)C1OC. The molecule has 0 saturated carbocycles. The largest absolute Gasteiger partial charge is 0.372 e. The minimum absolute atomic E-state index is 0.254. The molecule has 186 valence electrons. The topological polar surface area (TPSA) is 58.4 Å². The average Bonchev–Trinajstić information content (AvgIpc) is 3.20. The van der Waals surface area contributed by atoms with Crippen LogP contribution in [0.4, 0.5) is 5.69 Å². The minimum Gasteiger partial charge on any atom is -0.372 e. The molecule has 0 aromatic heterocycles. The predicted octanol–water partition coefficient (Wildman–Crippen LogP) is 5.00. The number of methoxy groups -OCH3 is 1. The molecular weight excluding hydrogens is 471 g/mol. The van der Waals surface area contributed by atoms with Gasteiger partial charge in [0.05, 0.1) is 24.3 Å². The number of hydrazone groups is 1. The number of unbranched alkanes of at least 4 members (excludes halogenated alkanes) is 2. The lowest BCUT2D eigenvalue weighted by Gasteiger charge is -2.28. The molecule has 0 bridgehead atoms. The van der Waals surface area contributed by atoms with Gasteiger partial charge in [-0.25, -0.2) is 5.01 Å². The number of aryl methyl sites for hydroxylation is 1. The van der Waals surface area contributed by atoms with Gasteiger partial charge in [-0.15, -0.1) is 0 Å². The molecule has 8 heteroatoms. The maximum atomic E-state index is 13.2. The maximum Gasteiger partial charge on any atom is 0.314 e. The first-order valence-electron chi connectivity index (χ1n) is 11.9. The van der Waals surface area contributed by atoms with Crippen molar-refractivity contribution in [3.8, 4) is 0 Å². The van der Waals surface area contributed by atoms with E-state index in [2.05, 4.69) is 12.3 Å². The van der Waals surface area contributed by atoms with Gasteiger partial charge in [-0.05, 0) is 55.2 Å². The summed E-state index contributed by atoms with van der Waals surface area (Å²) in [6.45, 7) is 8.98. The van der Waals surface area contributed by atoms with Crippen molar-refractivity contribution in [3.63, 3.8) is 0 Å². The zero-order valence-electron chi connectivity index (χ0n) is 21.0. The molecule has 34 heavy (non-hydrogen) atoms. The fourth-order valence-electron chi connectivity index (χ4n) is 3.87. The third-order valence-corrected chi connectivity index (χ3v) is 6.12. The van der Waals surface area contributed by atoms with Crippen LogP contribution in [0.5, 0.6) is 0 Å². The first-order valence-corrected chi connectivity index (χ1v) is 12.7. The van der Waals surface area contributed by atoms with Gasteiger partial charge in [-0.1, -0.05) is 68.6 Å². The van der Waals surface area contributed by atoms with Gasteiger partial charge < -0.3 is 4.74 Å². The van der Waals surface area contributed by atoms with E-state index in [1.165, 1.54) is 0 Å². The first kappa shape index (κ1) is 28.1. The number of nitrogens with zero attached hydrogens (tertiary/aromatic N) is 2. The average molecular weight is 509 g/mol. The summed E-state index contributed by atoms with van der Waals surface area (Å²) in [5, 5.41) is 8.62. The summed E-state index contributed by atoms with van der Waals surface area (Å²) < 4.78 is 5.82. The molecule has 0 spiro atoms. The predicted molar refractivity (Wildman–Crippen MR) is 142 cm³/mol. The summed E-state index contributed by atoms with van der Waals surface area (Å²) in [6, 6.07) is 12.9. The number of quaternary nitrogens is 1. The van der Waals surface area contributed by atoms with Crippen LogP contribution in [0.1, 0.15) is 57.2 Å². The van der Waals surface area contributed by atoms with Crippen LogP contribution in [-0.4, -0.2) is 38.4 Å². The Balaban J connectivity index is 0.00000199. The number of nitrogens with one attached hydrogen (secondary N) is 2. The molecule has 6 nitrogen and oxygen atoms in total. The normalized spacial score (nSPS) is 18.1. The fraction of sp³-hybridized carbons (Fsp3) is 0.462. The third-order valence-electron chi connectivity index (χ3n) is 5.57. The van der Waals surface area contributed by atoms with Crippen LogP contribution < -0.4 is 15.4 Å². The fourth-order valence-corrected chi connectivity index (χ4v) is 4.31. The van der Waals surface area contributed by atoms with Crippen molar-refractivity contribution in [1.82, 2.24) is 5.43 Å². The van der Waals surface area contributed by atoms with Crippen molar-refractivity contribution < 1.29 is 14.5 Å². The Hall–Kier alpha value is -2.12. The molecule has 0 saturated heterocycles. The van der Waals surface area contributed by atoms with Gasteiger partial charge in [0.1, 0.15) is 12.1 Å².